The number of alkyl halides is 2. The number of halogens is 2. The molecule has 0 aliphatic carbocycles. The first-order valence-corrected chi connectivity index (χ1v) is 4.85. The zero-order valence-electron chi connectivity index (χ0n) is 8.51. The summed E-state index contributed by atoms with van der Waals surface area (Å²) in [6.07, 6.45) is 5.73. The van der Waals surface area contributed by atoms with Crippen molar-refractivity contribution in [2.75, 3.05) is 0 Å². The number of aromatic amines is 1. The van der Waals surface area contributed by atoms with Gasteiger partial charge >= 0.3 is 6.55 Å². The van der Waals surface area contributed by atoms with Gasteiger partial charge in [-0.2, -0.15) is 13.9 Å². The lowest BCUT2D eigenvalue weighted by atomic mass is 10.2. The molecule has 17 heavy (non-hydrogen) atoms. The second-order valence-electron chi connectivity index (χ2n) is 3.50. The standard InChI is InChI=1S/C10H7F2N5/c11-10(12)17-4-7(3-15-17)8-1-6-2-13-5-14-9(6)16-8/h1-5,10H,(H,13,14,16). The second-order valence-corrected chi connectivity index (χ2v) is 3.50. The average molecular weight is 235 g/mol. The molecule has 1 N–H and O–H groups in total. The van der Waals surface area contributed by atoms with Crippen molar-refractivity contribution < 1.29 is 8.78 Å². The first kappa shape index (κ1) is 9.88. The van der Waals surface area contributed by atoms with E-state index in [1.54, 1.807) is 12.3 Å². The number of hydrogen-bond donors (Lipinski definition) is 1. The molecule has 0 atom stereocenters. The molecule has 3 heterocycles. The van der Waals surface area contributed by atoms with Gasteiger partial charge in [-0.25, -0.2) is 14.6 Å². The Morgan fingerprint density at radius 1 is 1.29 bits per heavy atom. The Morgan fingerprint density at radius 2 is 2.18 bits per heavy atom. The van der Waals surface area contributed by atoms with Crippen LogP contribution in [-0.2, 0) is 0 Å². The molecular formula is C10H7F2N5. The van der Waals surface area contributed by atoms with E-state index in [0.29, 0.717) is 21.6 Å². The zero-order chi connectivity index (χ0) is 11.8. The minimum atomic E-state index is -2.63. The summed E-state index contributed by atoms with van der Waals surface area (Å²) in [6, 6.07) is 1.79. The molecule has 3 aromatic rings. The molecule has 3 aromatic heterocycles. The number of rotatable bonds is 2. The molecule has 3 rings (SSSR count). The van der Waals surface area contributed by atoms with Crippen molar-refractivity contribution in [1.82, 2.24) is 24.7 Å². The minimum absolute atomic E-state index is 0.586. The molecule has 0 radical (unpaired) electrons. The Labute approximate surface area is 94.1 Å². The van der Waals surface area contributed by atoms with Crippen molar-refractivity contribution >= 4 is 11.0 Å². The van der Waals surface area contributed by atoms with Gasteiger partial charge in [-0.05, 0) is 6.07 Å². The lowest BCUT2D eigenvalue weighted by molar-refractivity contribution is 0.0566. The number of nitrogens with zero attached hydrogens (tertiary/aromatic N) is 4. The number of fused-ring (bicyclic) bond motifs is 1. The Bertz CT molecular complexity index is 624. The van der Waals surface area contributed by atoms with E-state index in [4.69, 9.17) is 0 Å². The number of nitrogens with one attached hydrogen (secondary N) is 1. The van der Waals surface area contributed by atoms with Crippen LogP contribution in [0.3, 0.4) is 0 Å². The van der Waals surface area contributed by atoms with Crippen molar-refractivity contribution in [2.45, 2.75) is 6.55 Å². The molecule has 0 unspecified atom stereocenters. The molecule has 0 fully saturated rings. The van der Waals surface area contributed by atoms with Gasteiger partial charge in [-0.3, -0.25) is 0 Å². The van der Waals surface area contributed by atoms with Crippen molar-refractivity contribution in [2.24, 2.45) is 0 Å². The van der Waals surface area contributed by atoms with E-state index in [1.807, 2.05) is 0 Å². The predicted octanol–water partition coefficient (Wildman–Crippen LogP) is 2.22. The molecule has 86 valence electrons. The van der Waals surface area contributed by atoms with E-state index in [0.717, 1.165) is 5.39 Å². The fraction of sp³-hybridized carbons (Fsp3) is 0.100. The Morgan fingerprint density at radius 3 is 2.88 bits per heavy atom. The summed E-state index contributed by atoms with van der Waals surface area (Å²) in [5.41, 5.74) is 1.94. The van der Waals surface area contributed by atoms with Crippen LogP contribution in [0.1, 0.15) is 6.55 Å². The number of hydrogen-bond acceptors (Lipinski definition) is 3. The maximum atomic E-state index is 12.4. The van der Waals surface area contributed by atoms with Crippen LogP contribution in [-0.4, -0.2) is 24.7 Å². The van der Waals surface area contributed by atoms with Gasteiger partial charge in [-0.15, -0.1) is 0 Å². The van der Waals surface area contributed by atoms with Crippen LogP contribution in [0.5, 0.6) is 0 Å². The number of H-pyrrole nitrogens is 1. The number of aromatic nitrogens is 5. The zero-order valence-corrected chi connectivity index (χ0v) is 8.51. The van der Waals surface area contributed by atoms with Gasteiger partial charge in [0.1, 0.15) is 12.0 Å². The largest absolute Gasteiger partial charge is 0.339 e. The third kappa shape index (κ3) is 1.65. The summed E-state index contributed by atoms with van der Waals surface area (Å²) in [4.78, 5) is 10.9. The summed E-state index contributed by atoms with van der Waals surface area (Å²) >= 11 is 0. The highest BCUT2D eigenvalue weighted by Gasteiger charge is 2.10. The quantitative estimate of drug-likeness (QED) is 0.740. The highest BCUT2D eigenvalue weighted by molar-refractivity contribution is 5.81. The van der Waals surface area contributed by atoms with Gasteiger partial charge in [0, 0.05) is 23.3 Å². The summed E-state index contributed by atoms with van der Waals surface area (Å²) < 4.78 is 25.3. The van der Waals surface area contributed by atoms with Crippen molar-refractivity contribution in [3.8, 4) is 11.3 Å². The molecule has 0 spiro atoms. The summed E-state index contributed by atoms with van der Waals surface area (Å²) in [7, 11) is 0. The average Bonchev–Trinajstić information content (AvgIpc) is 2.95. The van der Waals surface area contributed by atoms with Crippen molar-refractivity contribution in [3.05, 3.63) is 31.0 Å². The highest BCUT2D eigenvalue weighted by Crippen LogP contribution is 2.23. The first-order chi connectivity index (χ1) is 8.24. The Hall–Kier alpha value is -2.31. The molecule has 0 amide bonds. The third-order valence-corrected chi connectivity index (χ3v) is 2.41. The first-order valence-electron chi connectivity index (χ1n) is 4.85. The van der Waals surface area contributed by atoms with Crippen LogP contribution in [0, 0.1) is 0 Å². The van der Waals surface area contributed by atoms with Gasteiger partial charge in [-0.1, -0.05) is 0 Å². The maximum Gasteiger partial charge on any atom is 0.333 e. The minimum Gasteiger partial charge on any atom is -0.339 e. The topological polar surface area (TPSA) is 59.4 Å². The van der Waals surface area contributed by atoms with Crippen LogP contribution >= 0.6 is 0 Å². The second kappa shape index (κ2) is 3.62. The summed E-state index contributed by atoms with van der Waals surface area (Å²) in [5, 5.41) is 4.40. The molecular weight excluding hydrogens is 228 g/mol. The van der Waals surface area contributed by atoms with Gasteiger partial charge in [0.15, 0.2) is 0 Å². The van der Waals surface area contributed by atoms with Crippen LogP contribution in [0.25, 0.3) is 22.3 Å². The molecule has 0 aliphatic rings. The van der Waals surface area contributed by atoms with E-state index < -0.39 is 6.55 Å². The van der Waals surface area contributed by atoms with Crippen LogP contribution < -0.4 is 0 Å². The normalized spacial score (nSPS) is 11.5. The Kier molecular flexibility index (Phi) is 2.10. The molecule has 0 aliphatic heterocycles. The van der Waals surface area contributed by atoms with E-state index in [2.05, 4.69) is 20.1 Å². The van der Waals surface area contributed by atoms with Gasteiger partial charge < -0.3 is 4.98 Å². The lowest BCUT2D eigenvalue weighted by Gasteiger charge is -1.95. The molecule has 0 saturated heterocycles. The predicted molar refractivity (Wildman–Crippen MR) is 56.4 cm³/mol. The van der Waals surface area contributed by atoms with Gasteiger partial charge in [0.2, 0.25) is 0 Å². The van der Waals surface area contributed by atoms with Crippen LogP contribution in [0.15, 0.2) is 31.0 Å². The van der Waals surface area contributed by atoms with Gasteiger partial charge in [0.25, 0.3) is 0 Å². The van der Waals surface area contributed by atoms with Crippen LogP contribution in [0.4, 0.5) is 8.78 Å². The highest BCUT2D eigenvalue weighted by atomic mass is 19.3. The maximum absolute atomic E-state index is 12.4. The summed E-state index contributed by atoms with van der Waals surface area (Å²) in [6.45, 7) is -2.63. The van der Waals surface area contributed by atoms with Crippen molar-refractivity contribution in [1.29, 1.82) is 0 Å². The Balaban J connectivity index is 2.07. The van der Waals surface area contributed by atoms with Crippen LogP contribution in [0.2, 0.25) is 0 Å². The third-order valence-electron chi connectivity index (χ3n) is 2.41. The lowest BCUT2D eigenvalue weighted by Crippen LogP contribution is -1.96. The smallest absolute Gasteiger partial charge is 0.333 e. The molecule has 0 aromatic carbocycles. The summed E-state index contributed by atoms with van der Waals surface area (Å²) in [5.74, 6) is 0. The molecule has 0 bridgehead atoms. The molecule has 5 nitrogen and oxygen atoms in total. The fourth-order valence-electron chi connectivity index (χ4n) is 1.61. The van der Waals surface area contributed by atoms with Crippen molar-refractivity contribution in [3.63, 3.8) is 0 Å². The van der Waals surface area contributed by atoms with Gasteiger partial charge in [0.05, 0.1) is 11.9 Å². The van der Waals surface area contributed by atoms with E-state index in [-0.39, 0.29) is 0 Å². The van der Waals surface area contributed by atoms with E-state index >= 15 is 0 Å². The molecule has 0 saturated carbocycles. The SMILES string of the molecule is FC(F)n1cc(-c2cc3cncnc3[nH]2)cn1. The fourth-order valence-corrected chi connectivity index (χ4v) is 1.61. The van der Waals surface area contributed by atoms with E-state index in [9.17, 15) is 8.78 Å². The molecule has 7 heteroatoms. The monoisotopic (exact) mass is 235 g/mol. The van der Waals surface area contributed by atoms with E-state index in [1.165, 1.54) is 18.7 Å².